The van der Waals surface area contributed by atoms with E-state index >= 15 is 0 Å². The highest BCUT2D eigenvalue weighted by molar-refractivity contribution is 6.04. The Morgan fingerprint density at radius 2 is 2.00 bits per heavy atom. The number of carbonyl (C=O) groups excluding carboxylic acids is 2. The third kappa shape index (κ3) is 3.22. The van der Waals surface area contributed by atoms with Crippen molar-refractivity contribution >= 4 is 17.5 Å². The lowest BCUT2D eigenvalue weighted by Crippen LogP contribution is -2.26. The smallest absolute Gasteiger partial charge is 0.253 e. The molecule has 0 heterocycles. The van der Waals surface area contributed by atoms with Gasteiger partial charge >= 0.3 is 0 Å². The number of benzene rings is 1. The van der Waals surface area contributed by atoms with Crippen LogP contribution in [0.5, 0.6) is 0 Å². The molecule has 100 valence electrons. The summed E-state index contributed by atoms with van der Waals surface area (Å²) in [5, 5.41) is 5.43. The van der Waals surface area contributed by atoms with Crippen LogP contribution in [0.2, 0.25) is 0 Å². The van der Waals surface area contributed by atoms with Crippen LogP contribution in [0, 0.1) is 5.92 Å². The zero-order chi connectivity index (χ0) is 13.7. The maximum Gasteiger partial charge on any atom is 0.253 e. The van der Waals surface area contributed by atoms with E-state index in [1.807, 2.05) is 12.1 Å². The lowest BCUT2D eigenvalue weighted by atomic mass is 9.93. The molecule has 0 saturated heterocycles. The summed E-state index contributed by atoms with van der Waals surface area (Å²) in [5.74, 6) is -0.206. The van der Waals surface area contributed by atoms with Crippen LogP contribution < -0.4 is 10.6 Å². The second kappa shape index (κ2) is 6.18. The number of hydrogen-bond donors (Lipinski definition) is 2. The van der Waals surface area contributed by atoms with Crippen LogP contribution in [0.4, 0.5) is 5.69 Å². The van der Waals surface area contributed by atoms with Crippen molar-refractivity contribution in [3.05, 3.63) is 42.0 Å². The summed E-state index contributed by atoms with van der Waals surface area (Å²) >= 11 is 0. The minimum absolute atomic E-state index is 0.00254. The SMILES string of the molecule is CNC(=O)c1ccccc1NC(=O)[C@H]1CC=CCC1. The van der Waals surface area contributed by atoms with Crippen molar-refractivity contribution in [2.45, 2.75) is 19.3 Å². The van der Waals surface area contributed by atoms with Gasteiger partial charge in [0.25, 0.3) is 5.91 Å². The monoisotopic (exact) mass is 258 g/mol. The van der Waals surface area contributed by atoms with Gasteiger partial charge in [0.2, 0.25) is 5.91 Å². The van der Waals surface area contributed by atoms with Gasteiger partial charge in [-0.25, -0.2) is 0 Å². The molecule has 2 N–H and O–H groups in total. The van der Waals surface area contributed by atoms with Crippen LogP contribution in [0.3, 0.4) is 0 Å². The summed E-state index contributed by atoms with van der Waals surface area (Å²) in [6, 6.07) is 7.04. The number of carbonyl (C=O) groups is 2. The highest BCUT2D eigenvalue weighted by atomic mass is 16.2. The first-order valence-electron chi connectivity index (χ1n) is 6.49. The first-order valence-corrected chi connectivity index (χ1v) is 6.49. The Kier molecular flexibility index (Phi) is 4.34. The van der Waals surface area contributed by atoms with Gasteiger partial charge in [0.05, 0.1) is 11.3 Å². The van der Waals surface area contributed by atoms with Gasteiger partial charge in [-0.05, 0) is 31.4 Å². The summed E-state index contributed by atoms with van der Waals surface area (Å²) in [7, 11) is 1.58. The van der Waals surface area contributed by atoms with Crippen LogP contribution in [0.15, 0.2) is 36.4 Å². The molecule has 1 atom stereocenters. The molecule has 0 fully saturated rings. The summed E-state index contributed by atoms with van der Waals surface area (Å²) < 4.78 is 0. The van der Waals surface area contributed by atoms with E-state index < -0.39 is 0 Å². The molecule has 2 rings (SSSR count). The number of anilines is 1. The van der Waals surface area contributed by atoms with Crippen LogP contribution in [0.25, 0.3) is 0 Å². The van der Waals surface area contributed by atoms with E-state index in [0.717, 1.165) is 19.3 Å². The van der Waals surface area contributed by atoms with E-state index in [4.69, 9.17) is 0 Å². The predicted octanol–water partition coefficient (Wildman–Crippen LogP) is 2.34. The molecule has 1 aliphatic carbocycles. The first-order chi connectivity index (χ1) is 9.22. The first kappa shape index (κ1) is 13.3. The fourth-order valence-corrected chi connectivity index (χ4v) is 2.19. The van der Waals surface area contributed by atoms with E-state index in [0.29, 0.717) is 11.3 Å². The maximum absolute atomic E-state index is 12.2. The van der Waals surface area contributed by atoms with E-state index in [1.165, 1.54) is 0 Å². The van der Waals surface area contributed by atoms with Gasteiger partial charge in [-0.1, -0.05) is 24.3 Å². The topological polar surface area (TPSA) is 58.2 Å². The number of para-hydroxylation sites is 1. The Bertz CT molecular complexity index is 509. The predicted molar refractivity (Wildman–Crippen MR) is 74.9 cm³/mol. The molecule has 0 saturated carbocycles. The zero-order valence-corrected chi connectivity index (χ0v) is 11.0. The zero-order valence-electron chi connectivity index (χ0n) is 11.0. The lowest BCUT2D eigenvalue weighted by molar-refractivity contribution is -0.120. The van der Waals surface area contributed by atoms with Crippen molar-refractivity contribution in [1.29, 1.82) is 0 Å². The molecule has 1 aromatic rings. The molecule has 4 nitrogen and oxygen atoms in total. The van der Waals surface area contributed by atoms with Crippen molar-refractivity contribution < 1.29 is 9.59 Å². The average molecular weight is 258 g/mol. The molecule has 0 aromatic heterocycles. The van der Waals surface area contributed by atoms with E-state index in [2.05, 4.69) is 16.7 Å². The standard InChI is InChI=1S/C15H18N2O2/c1-16-15(19)12-9-5-6-10-13(12)17-14(18)11-7-3-2-4-8-11/h2-3,5-6,9-11H,4,7-8H2,1H3,(H,16,19)(H,17,18)/t11-/m0/s1. The number of amides is 2. The summed E-state index contributed by atoms with van der Waals surface area (Å²) in [5.41, 5.74) is 1.06. The van der Waals surface area contributed by atoms with Crippen molar-refractivity contribution in [2.75, 3.05) is 12.4 Å². The van der Waals surface area contributed by atoms with Gasteiger partial charge in [-0.3, -0.25) is 9.59 Å². The summed E-state index contributed by atoms with van der Waals surface area (Å²) in [6.45, 7) is 0. The van der Waals surface area contributed by atoms with E-state index in [-0.39, 0.29) is 17.7 Å². The normalized spacial score (nSPS) is 17.8. The van der Waals surface area contributed by atoms with E-state index in [1.54, 1.807) is 25.2 Å². The van der Waals surface area contributed by atoms with Gasteiger partial charge in [0.1, 0.15) is 0 Å². The molecule has 2 amide bonds. The van der Waals surface area contributed by atoms with Gasteiger partial charge < -0.3 is 10.6 Å². The molecular formula is C15H18N2O2. The van der Waals surface area contributed by atoms with Gasteiger partial charge in [0.15, 0.2) is 0 Å². The Hall–Kier alpha value is -2.10. The van der Waals surface area contributed by atoms with Crippen molar-refractivity contribution in [1.82, 2.24) is 5.32 Å². The third-order valence-electron chi connectivity index (χ3n) is 3.30. The molecule has 0 radical (unpaired) electrons. The number of rotatable bonds is 3. The van der Waals surface area contributed by atoms with Crippen LogP contribution >= 0.6 is 0 Å². The van der Waals surface area contributed by atoms with Gasteiger partial charge in [-0.15, -0.1) is 0 Å². The minimum atomic E-state index is -0.195. The van der Waals surface area contributed by atoms with Crippen LogP contribution in [0.1, 0.15) is 29.6 Å². The van der Waals surface area contributed by atoms with Crippen molar-refractivity contribution in [3.63, 3.8) is 0 Å². The number of hydrogen-bond acceptors (Lipinski definition) is 2. The molecule has 0 unspecified atom stereocenters. The third-order valence-corrected chi connectivity index (χ3v) is 3.30. The van der Waals surface area contributed by atoms with Crippen molar-refractivity contribution in [2.24, 2.45) is 5.92 Å². The van der Waals surface area contributed by atoms with Gasteiger partial charge in [-0.2, -0.15) is 0 Å². The number of allylic oxidation sites excluding steroid dienone is 2. The summed E-state index contributed by atoms with van der Waals surface area (Å²) in [4.78, 5) is 23.9. The van der Waals surface area contributed by atoms with Crippen molar-refractivity contribution in [3.8, 4) is 0 Å². The highest BCUT2D eigenvalue weighted by Crippen LogP contribution is 2.22. The molecule has 0 aliphatic heterocycles. The second-order valence-corrected chi connectivity index (χ2v) is 4.60. The largest absolute Gasteiger partial charge is 0.355 e. The molecule has 19 heavy (non-hydrogen) atoms. The number of nitrogens with one attached hydrogen (secondary N) is 2. The van der Waals surface area contributed by atoms with Crippen LogP contribution in [-0.2, 0) is 4.79 Å². The summed E-state index contributed by atoms with van der Waals surface area (Å²) in [6.07, 6.45) is 6.72. The Morgan fingerprint density at radius 3 is 2.68 bits per heavy atom. The molecule has 0 spiro atoms. The fraction of sp³-hybridized carbons (Fsp3) is 0.333. The van der Waals surface area contributed by atoms with E-state index in [9.17, 15) is 9.59 Å². The Morgan fingerprint density at radius 1 is 1.21 bits per heavy atom. The molecule has 4 heteroatoms. The highest BCUT2D eigenvalue weighted by Gasteiger charge is 2.20. The molecule has 0 bridgehead atoms. The molecule has 1 aliphatic rings. The molecular weight excluding hydrogens is 240 g/mol. The quantitative estimate of drug-likeness (QED) is 0.818. The Balaban J connectivity index is 2.12. The van der Waals surface area contributed by atoms with Crippen LogP contribution in [-0.4, -0.2) is 18.9 Å². The second-order valence-electron chi connectivity index (χ2n) is 4.60. The minimum Gasteiger partial charge on any atom is -0.355 e. The Labute approximate surface area is 112 Å². The average Bonchev–Trinajstić information content (AvgIpc) is 2.48. The maximum atomic E-state index is 12.2. The fourth-order valence-electron chi connectivity index (χ4n) is 2.19. The lowest BCUT2D eigenvalue weighted by Gasteiger charge is -2.18. The molecule has 1 aromatic carbocycles. The van der Waals surface area contributed by atoms with Gasteiger partial charge in [0, 0.05) is 13.0 Å².